The van der Waals surface area contributed by atoms with Gasteiger partial charge in [-0.25, -0.2) is 0 Å². The van der Waals surface area contributed by atoms with Gasteiger partial charge in [0.1, 0.15) is 0 Å². The topological polar surface area (TPSA) is 9.23 Å². The number of hydrogen-bond donors (Lipinski definition) is 0. The minimum absolute atomic E-state index is 0.786. The Morgan fingerprint density at radius 2 is 1.53 bits per heavy atom. The van der Waals surface area contributed by atoms with E-state index in [1.807, 2.05) is 0 Å². The third-order valence-electron chi connectivity index (χ3n) is 3.29. The predicted octanol–water partition coefficient (Wildman–Crippen LogP) is 5.83. The molecule has 0 aliphatic heterocycles. The molecule has 0 rings (SSSR count). The van der Waals surface area contributed by atoms with E-state index >= 15 is 0 Å². The van der Waals surface area contributed by atoms with Gasteiger partial charge in [-0.3, -0.25) is 0 Å². The lowest BCUT2D eigenvalue weighted by molar-refractivity contribution is 0.353. The lowest BCUT2D eigenvalue weighted by Crippen LogP contribution is -2.22. The lowest BCUT2D eigenvalue weighted by atomic mass is 10.1. The van der Waals surface area contributed by atoms with E-state index in [9.17, 15) is 0 Å². The van der Waals surface area contributed by atoms with Crippen LogP contribution in [-0.2, 0) is 3.79 Å². The quantitative estimate of drug-likeness (QED) is 0.248. The van der Waals surface area contributed by atoms with Crippen LogP contribution in [0.15, 0.2) is 12.2 Å². The molecular weight excluding hydrogens is 247 g/mol. The molecule has 0 aliphatic rings. The SMILES string of the molecule is CCCCCC/C=C/C[O][Al]([CH2]C(C)C)[CH2]C(C)C. The van der Waals surface area contributed by atoms with Crippen LogP contribution in [0.4, 0.5) is 0 Å². The minimum atomic E-state index is -0.971. The molecule has 0 radical (unpaired) electrons. The molecule has 112 valence electrons. The number of unbranched alkanes of at least 4 members (excludes halogenated alkanes) is 4. The van der Waals surface area contributed by atoms with E-state index in [1.54, 1.807) is 0 Å². The van der Waals surface area contributed by atoms with Gasteiger partial charge in [0.2, 0.25) is 0 Å². The molecule has 0 aliphatic carbocycles. The van der Waals surface area contributed by atoms with Crippen LogP contribution in [0.3, 0.4) is 0 Å². The third kappa shape index (κ3) is 14.5. The van der Waals surface area contributed by atoms with E-state index in [4.69, 9.17) is 3.79 Å². The zero-order valence-corrected chi connectivity index (χ0v) is 15.1. The van der Waals surface area contributed by atoms with Crippen molar-refractivity contribution in [1.29, 1.82) is 0 Å². The first-order chi connectivity index (χ1) is 9.06. The molecule has 0 amide bonds. The van der Waals surface area contributed by atoms with Gasteiger partial charge in [-0.15, -0.1) is 0 Å². The summed E-state index contributed by atoms with van der Waals surface area (Å²) in [5, 5.41) is 2.64. The fourth-order valence-corrected chi connectivity index (χ4v) is 5.30. The van der Waals surface area contributed by atoms with Gasteiger partial charge in [-0.05, 0) is 12.8 Å². The normalized spacial score (nSPS) is 11.9. The molecule has 0 atom stereocenters. The van der Waals surface area contributed by atoms with Gasteiger partial charge in [-0.2, -0.15) is 0 Å². The van der Waals surface area contributed by atoms with E-state index in [-0.39, 0.29) is 0 Å². The second kappa shape index (κ2) is 13.2. The molecule has 0 aromatic heterocycles. The molecule has 0 aromatic rings. The Labute approximate surface area is 126 Å². The lowest BCUT2D eigenvalue weighted by Gasteiger charge is -2.15. The Hall–Kier alpha value is 0.232. The molecule has 0 heterocycles. The smallest absolute Gasteiger partial charge is 0.461 e. The Balaban J connectivity index is 3.69. The molecule has 0 fully saturated rings. The first-order valence-corrected chi connectivity index (χ1v) is 10.4. The number of hydrogen-bond acceptors (Lipinski definition) is 1. The third-order valence-corrected chi connectivity index (χ3v) is 6.89. The van der Waals surface area contributed by atoms with E-state index in [1.165, 1.54) is 42.7 Å². The highest BCUT2D eigenvalue weighted by atomic mass is 27.2. The maximum absolute atomic E-state index is 6.14. The molecule has 0 unspecified atom stereocenters. The van der Waals surface area contributed by atoms with Crippen LogP contribution < -0.4 is 0 Å². The highest BCUT2D eigenvalue weighted by molar-refractivity contribution is 6.51. The average Bonchev–Trinajstić information content (AvgIpc) is 2.30. The van der Waals surface area contributed by atoms with Crippen molar-refractivity contribution in [3.05, 3.63) is 12.2 Å². The van der Waals surface area contributed by atoms with E-state index < -0.39 is 14.5 Å². The fourth-order valence-electron chi connectivity index (χ4n) is 2.35. The summed E-state index contributed by atoms with van der Waals surface area (Å²) in [5.41, 5.74) is 0. The summed E-state index contributed by atoms with van der Waals surface area (Å²) in [6.45, 7) is 12.4. The Morgan fingerprint density at radius 1 is 0.895 bits per heavy atom. The molecule has 0 saturated heterocycles. The standard InChI is InChI=1S/C9H17O.2C4H9.Al/c1-2-3-4-5-6-7-8-9-10;2*1-4(2)3;/h7-8H,2-6,9H2,1H3;2*4H,1H2,2-3H3;/q-1;;;+1/b8-7+;;;. The second-order valence-corrected chi connectivity index (χ2v) is 9.06. The maximum Gasteiger partial charge on any atom is 0.461 e. The monoisotopic (exact) mass is 282 g/mol. The van der Waals surface area contributed by atoms with Crippen molar-refractivity contribution in [1.82, 2.24) is 0 Å². The van der Waals surface area contributed by atoms with Crippen molar-refractivity contribution in [3.63, 3.8) is 0 Å². The van der Waals surface area contributed by atoms with E-state index in [0.29, 0.717) is 0 Å². The molecule has 0 spiro atoms. The summed E-state index contributed by atoms with van der Waals surface area (Å²) in [7, 11) is 0. The van der Waals surface area contributed by atoms with Crippen molar-refractivity contribution in [3.8, 4) is 0 Å². The van der Waals surface area contributed by atoms with Crippen LogP contribution in [0.25, 0.3) is 0 Å². The Morgan fingerprint density at radius 3 is 2.05 bits per heavy atom. The maximum atomic E-state index is 6.14. The van der Waals surface area contributed by atoms with Crippen molar-refractivity contribution >= 4 is 14.5 Å². The van der Waals surface area contributed by atoms with Crippen LogP contribution in [0.2, 0.25) is 10.6 Å². The largest absolute Gasteiger partial charge is 0.498 e. The summed E-state index contributed by atoms with van der Waals surface area (Å²) in [5.74, 6) is 1.57. The molecule has 0 aromatic carbocycles. The van der Waals surface area contributed by atoms with E-state index in [2.05, 4.69) is 46.8 Å². The Bertz CT molecular complexity index is 201. The van der Waals surface area contributed by atoms with E-state index in [0.717, 1.165) is 18.4 Å². The summed E-state index contributed by atoms with van der Waals surface area (Å²) >= 11 is -0.971. The zero-order chi connectivity index (χ0) is 14.5. The van der Waals surface area contributed by atoms with Crippen LogP contribution in [0, 0.1) is 11.8 Å². The van der Waals surface area contributed by atoms with Gasteiger partial charge in [0, 0.05) is 6.61 Å². The van der Waals surface area contributed by atoms with Crippen LogP contribution in [0.5, 0.6) is 0 Å². The van der Waals surface area contributed by atoms with Gasteiger partial charge in [0.15, 0.2) is 0 Å². The van der Waals surface area contributed by atoms with Gasteiger partial charge in [0.25, 0.3) is 0 Å². The first kappa shape index (κ1) is 19.2. The second-order valence-electron chi connectivity index (χ2n) is 6.54. The highest BCUT2D eigenvalue weighted by Gasteiger charge is 2.22. The molecule has 1 nitrogen and oxygen atoms in total. The number of rotatable bonds is 12. The van der Waals surface area contributed by atoms with Crippen LogP contribution >= 0.6 is 0 Å². The first-order valence-electron chi connectivity index (χ1n) is 8.32. The fraction of sp³-hybridized carbons (Fsp3) is 0.882. The molecule has 0 saturated carbocycles. The van der Waals surface area contributed by atoms with Crippen molar-refractivity contribution in [2.24, 2.45) is 11.8 Å². The summed E-state index contributed by atoms with van der Waals surface area (Å²) in [6, 6.07) is 0. The zero-order valence-electron chi connectivity index (χ0n) is 14.0. The summed E-state index contributed by atoms with van der Waals surface area (Å²) < 4.78 is 6.14. The van der Waals surface area contributed by atoms with Gasteiger partial charge in [-0.1, -0.05) is 88.4 Å². The van der Waals surface area contributed by atoms with Gasteiger partial charge in [0.05, 0.1) is 0 Å². The Kier molecular flexibility index (Phi) is 13.4. The summed E-state index contributed by atoms with van der Waals surface area (Å²) in [6.07, 6.45) is 11.2. The molecular formula is C17H35AlO. The van der Waals surface area contributed by atoms with Crippen molar-refractivity contribution in [2.75, 3.05) is 6.61 Å². The summed E-state index contributed by atoms with van der Waals surface area (Å²) in [4.78, 5) is 0. The highest BCUT2D eigenvalue weighted by Crippen LogP contribution is 2.15. The van der Waals surface area contributed by atoms with Crippen LogP contribution in [0.1, 0.15) is 66.7 Å². The molecule has 2 heteroatoms. The van der Waals surface area contributed by atoms with Crippen molar-refractivity contribution in [2.45, 2.75) is 77.3 Å². The average molecular weight is 282 g/mol. The minimum Gasteiger partial charge on any atom is -0.498 e. The molecule has 19 heavy (non-hydrogen) atoms. The van der Waals surface area contributed by atoms with Gasteiger partial charge >= 0.3 is 14.5 Å². The predicted molar refractivity (Wildman–Crippen MR) is 88.9 cm³/mol. The number of allylic oxidation sites excluding steroid dienone is 1. The van der Waals surface area contributed by atoms with Crippen LogP contribution in [-0.4, -0.2) is 21.1 Å². The molecule has 0 bridgehead atoms. The van der Waals surface area contributed by atoms with Gasteiger partial charge < -0.3 is 3.79 Å². The molecule has 0 N–H and O–H groups in total. The van der Waals surface area contributed by atoms with Crippen molar-refractivity contribution < 1.29 is 3.79 Å².